The first-order chi connectivity index (χ1) is 14.8. The number of amides is 1. The van der Waals surface area contributed by atoms with Crippen molar-refractivity contribution in [3.63, 3.8) is 0 Å². The lowest BCUT2D eigenvalue weighted by molar-refractivity contribution is -0.384. The number of piperidine rings is 1. The Morgan fingerprint density at radius 3 is 2.39 bits per heavy atom. The van der Waals surface area contributed by atoms with Gasteiger partial charge in [-0.15, -0.1) is 0 Å². The fraction of sp³-hybridized carbons (Fsp3) is 0.435. The van der Waals surface area contributed by atoms with E-state index in [2.05, 4.69) is 5.32 Å². The molecular formula is C23H29N3O5. The summed E-state index contributed by atoms with van der Waals surface area (Å²) in [5.41, 5.74) is 2.70. The van der Waals surface area contributed by atoms with E-state index in [1.807, 2.05) is 30.9 Å². The molecule has 3 rings (SSSR count). The molecule has 1 heterocycles. The Kier molecular flexibility index (Phi) is 6.99. The highest BCUT2D eigenvalue weighted by Gasteiger charge is 2.29. The molecule has 1 atom stereocenters. The number of anilines is 1. The highest BCUT2D eigenvalue weighted by molar-refractivity contribution is 5.79. The normalized spacial score (nSPS) is 15.3. The maximum Gasteiger partial charge on any atom is 0.292 e. The molecule has 1 saturated heterocycles. The summed E-state index contributed by atoms with van der Waals surface area (Å²) in [5.74, 6) is 1.16. The third kappa shape index (κ3) is 4.90. The van der Waals surface area contributed by atoms with E-state index in [9.17, 15) is 14.9 Å². The minimum absolute atomic E-state index is 0.00361. The monoisotopic (exact) mass is 427 g/mol. The molecule has 0 aliphatic carbocycles. The Morgan fingerprint density at radius 2 is 1.77 bits per heavy atom. The third-order valence-corrected chi connectivity index (χ3v) is 5.88. The average molecular weight is 428 g/mol. The van der Waals surface area contributed by atoms with Crippen molar-refractivity contribution in [2.45, 2.75) is 32.7 Å². The van der Waals surface area contributed by atoms with E-state index in [-0.39, 0.29) is 28.5 Å². The lowest BCUT2D eigenvalue weighted by Crippen LogP contribution is -2.41. The van der Waals surface area contributed by atoms with Crippen LogP contribution in [0.2, 0.25) is 0 Å². The topological polar surface area (TPSA) is 93.9 Å². The van der Waals surface area contributed by atoms with E-state index >= 15 is 0 Å². The van der Waals surface area contributed by atoms with Gasteiger partial charge in [-0.25, -0.2) is 0 Å². The van der Waals surface area contributed by atoms with Crippen LogP contribution in [0, 0.1) is 23.0 Å². The van der Waals surface area contributed by atoms with E-state index in [1.54, 1.807) is 32.4 Å². The number of nitrogens with one attached hydrogen (secondary N) is 1. The minimum Gasteiger partial charge on any atom is -0.493 e. The van der Waals surface area contributed by atoms with Crippen LogP contribution in [0.4, 0.5) is 11.4 Å². The number of methoxy groups -OCH3 is 2. The van der Waals surface area contributed by atoms with Gasteiger partial charge in [0, 0.05) is 25.1 Å². The van der Waals surface area contributed by atoms with Crippen molar-refractivity contribution in [1.82, 2.24) is 5.32 Å². The minimum atomic E-state index is -0.360. The number of nitro groups is 1. The van der Waals surface area contributed by atoms with Crippen LogP contribution in [-0.4, -0.2) is 38.1 Å². The van der Waals surface area contributed by atoms with Gasteiger partial charge in [-0.1, -0.05) is 12.1 Å². The van der Waals surface area contributed by atoms with Crippen molar-refractivity contribution in [2.24, 2.45) is 5.92 Å². The lowest BCUT2D eigenvalue weighted by atomic mass is 9.94. The number of benzene rings is 2. The van der Waals surface area contributed by atoms with Gasteiger partial charge in [0.1, 0.15) is 5.69 Å². The molecular weight excluding hydrogens is 398 g/mol. The van der Waals surface area contributed by atoms with Crippen LogP contribution in [0.1, 0.15) is 36.9 Å². The van der Waals surface area contributed by atoms with E-state index in [4.69, 9.17) is 9.47 Å². The van der Waals surface area contributed by atoms with Crippen LogP contribution in [0.15, 0.2) is 36.4 Å². The molecule has 1 N–H and O–H groups in total. The molecule has 0 bridgehead atoms. The first kappa shape index (κ1) is 22.4. The molecule has 1 aliphatic heterocycles. The van der Waals surface area contributed by atoms with Gasteiger partial charge >= 0.3 is 0 Å². The predicted molar refractivity (Wildman–Crippen MR) is 119 cm³/mol. The zero-order valence-corrected chi connectivity index (χ0v) is 18.4. The summed E-state index contributed by atoms with van der Waals surface area (Å²) >= 11 is 0. The number of para-hydroxylation sites is 2. The Labute approximate surface area is 182 Å². The first-order valence-electron chi connectivity index (χ1n) is 10.4. The zero-order chi connectivity index (χ0) is 22.5. The van der Waals surface area contributed by atoms with Crippen molar-refractivity contribution >= 4 is 17.3 Å². The van der Waals surface area contributed by atoms with Crippen LogP contribution in [-0.2, 0) is 4.79 Å². The number of aryl methyl sites for hydroxylation is 1. The molecule has 8 heteroatoms. The zero-order valence-electron chi connectivity index (χ0n) is 18.4. The molecule has 1 unspecified atom stereocenters. The van der Waals surface area contributed by atoms with Crippen molar-refractivity contribution in [2.75, 3.05) is 32.2 Å². The van der Waals surface area contributed by atoms with Gasteiger partial charge in [0.25, 0.3) is 5.69 Å². The molecule has 166 valence electrons. The van der Waals surface area contributed by atoms with Crippen LogP contribution >= 0.6 is 0 Å². The fourth-order valence-electron chi connectivity index (χ4n) is 4.14. The molecule has 0 radical (unpaired) electrons. The van der Waals surface area contributed by atoms with E-state index < -0.39 is 0 Å². The smallest absolute Gasteiger partial charge is 0.292 e. The number of hydrogen-bond donors (Lipinski definition) is 1. The molecule has 1 fully saturated rings. The van der Waals surface area contributed by atoms with Crippen LogP contribution < -0.4 is 19.7 Å². The molecule has 0 saturated carbocycles. The first-order valence-corrected chi connectivity index (χ1v) is 10.4. The average Bonchev–Trinajstić information content (AvgIpc) is 2.78. The van der Waals surface area contributed by atoms with Gasteiger partial charge < -0.3 is 19.7 Å². The van der Waals surface area contributed by atoms with Gasteiger partial charge in [-0.05, 0) is 56.0 Å². The van der Waals surface area contributed by atoms with Gasteiger partial charge in [0.05, 0.1) is 25.2 Å². The van der Waals surface area contributed by atoms with E-state index in [1.165, 1.54) is 6.07 Å². The fourth-order valence-corrected chi connectivity index (χ4v) is 4.14. The lowest BCUT2D eigenvalue weighted by Gasteiger charge is -2.33. The van der Waals surface area contributed by atoms with Gasteiger partial charge in [-0.2, -0.15) is 0 Å². The molecule has 0 spiro atoms. The largest absolute Gasteiger partial charge is 0.493 e. The second kappa shape index (κ2) is 9.68. The number of ether oxygens (including phenoxy) is 2. The number of nitro benzene ring substituents is 1. The Bertz CT molecular complexity index is 954. The molecule has 0 aromatic heterocycles. The number of carbonyl (C=O) groups is 1. The van der Waals surface area contributed by atoms with Gasteiger partial charge in [-0.3, -0.25) is 14.9 Å². The Balaban J connectivity index is 1.64. The van der Waals surface area contributed by atoms with Crippen molar-refractivity contribution in [1.29, 1.82) is 0 Å². The molecule has 2 aromatic carbocycles. The second-order valence-electron chi connectivity index (χ2n) is 7.80. The van der Waals surface area contributed by atoms with E-state index in [0.29, 0.717) is 43.1 Å². The van der Waals surface area contributed by atoms with Crippen molar-refractivity contribution < 1.29 is 19.2 Å². The maximum absolute atomic E-state index is 12.9. The predicted octanol–water partition coefficient (Wildman–Crippen LogP) is 4.01. The Morgan fingerprint density at radius 1 is 1.16 bits per heavy atom. The van der Waals surface area contributed by atoms with Crippen LogP contribution in [0.5, 0.6) is 11.5 Å². The number of hydrogen-bond acceptors (Lipinski definition) is 6. The quantitative estimate of drug-likeness (QED) is 0.530. The number of carbonyl (C=O) groups excluding carboxylic acids is 1. The molecule has 1 amide bonds. The van der Waals surface area contributed by atoms with E-state index in [0.717, 1.165) is 11.1 Å². The highest BCUT2D eigenvalue weighted by Crippen LogP contribution is 2.34. The van der Waals surface area contributed by atoms with Crippen molar-refractivity contribution in [3.05, 3.63) is 57.6 Å². The second-order valence-corrected chi connectivity index (χ2v) is 7.80. The van der Waals surface area contributed by atoms with Crippen molar-refractivity contribution in [3.8, 4) is 11.5 Å². The summed E-state index contributed by atoms with van der Waals surface area (Å²) in [7, 11) is 3.18. The third-order valence-electron chi connectivity index (χ3n) is 5.88. The summed E-state index contributed by atoms with van der Waals surface area (Å²) in [4.78, 5) is 25.8. The molecule has 2 aromatic rings. The SMILES string of the molecule is COc1cc(C)c(C(C)NC(=O)C2CCN(c3ccccc3[N+](=O)[O-])CC2)cc1OC. The summed E-state index contributed by atoms with van der Waals surface area (Å²) in [5, 5.41) is 14.4. The number of nitrogens with zero attached hydrogens (tertiary/aromatic N) is 2. The Hall–Kier alpha value is -3.29. The summed E-state index contributed by atoms with van der Waals surface area (Å²) in [6.07, 6.45) is 1.30. The van der Waals surface area contributed by atoms with Crippen LogP contribution in [0.25, 0.3) is 0 Å². The summed E-state index contributed by atoms with van der Waals surface area (Å²) in [6.45, 7) is 5.14. The van der Waals surface area contributed by atoms with Gasteiger partial charge in [0.2, 0.25) is 5.91 Å². The van der Waals surface area contributed by atoms with Crippen LogP contribution in [0.3, 0.4) is 0 Å². The highest BCUT2D eigenvalue weighted by atomic mass is 16.6. The molecule has 31 heavy (non-hydrogen) atoms. The summed E-state index contributed by atoms with van der Waals surface area (Å²) in [6, 6.07) is 10.4. The standard InChI is InChI=1S/C23H29N3O5/c1-15-13-21(30-3)22(31-4)14-18(15)16(2)24-23(27)17-9-11-25(12-10-17)19-7-5-6-8-20(19)26(28)29/h5-8,13-14,16-17H,9-12H2,1-4H3,(H,24,27). The molecule has 8 nitrogen and oxygen atoms in total. The molecule has 1 aliphatic rings. The van der Waals surface area contributed by atoms with Gasteiger partial charge in [0.15, 0.2) is 11.5 Å². The maximum atomic E-state index is 12.9. The summed E-state index contributed by atoms with van der Waals surface area (Å²) < 4.78 is 10.7. The number of rotatable bonds is 7.